The van der Waals surface area contributed by atoms with Crippen LogP contribution in [-0.2, 0) is 0 Å². The van der Waals surface area contributed by atoms with E-state index in [4.69, 9.17) is 12.2 Å². The van der Waals surface area contributed by atoms with Crippen LogP contribution in [0.1, 0.15) is 31.7 Å². The Balaban J connectivity index is 2.12. The molecule has 78 valence electrons. The number of H-pyrrole nitrogens is 1. The molecule has 0 spiro atoms. The Morgan fingerprint density at radius 2 is 2.43 bits per heavy atom. The first-order valence-corrected chi connectivity index (χ1v) is 6.79. The molecule has 2 unspecified atom stereocenters. The lowest BCUT2D eigenvalue weighted by Crippen LogP contribution is -2.20. The highest BCUT2D eigenvalue weighted by Gasteiger charge is 2.22. The molecular formula is C10H16N2S2. The van der Waals surface area contributed by atoms with Crippen molar-refractivity contribution in [3.05, 3.63) is 17.2 Å². The van der Waals surface area contributed by atoms with Gasteiger partial charge in [0.15, 0.2) is 4.77 Å². The number of hydrogen-bond acceptors (Lipinski definition) is 2. The van der Waals surface area contributed by atoms with Crippen molar-refractivity contribution < 1.29 is 0 Å². The van der Waals surface area contributed by atoms with Crippen molar-refractivity contribution in [1.82, 2.24) is 9.55 Å². The van der Waals surface area contributed by atoms with E-state index in [9.17, 15) is 0 Å². The van der Waals surface area contributed by atoms with E-state index in [2.05, 4.69) is 22.0 Å². The minimum Gasteiger partial charge on any atom is -0.337 e. The first-order chi connectivity index (χ1) is 6.81. The molecule has 0 bridgehead atoms. The fourth-order valence-corrected chi connectivity index (χ4v) is 3.30. The molecule has 2 atom stereocenters. The molecule has 2 nitrogen and oxygen atoms in total. The van der Waals surface area contributed by atoms with Crippen LogP contribution < -0.4 is 0 Å². The summed E-state index contributed by atoms with van der Waals surface area (Å²) in [4.78, 5) is 3.07. The molecule has 0 amide bonds. The number of nitrogens with zero attached hydrogens (tertiary/aromatic N) is 1. The second kappa shape index (κ2) is 4.53. The van der Waals surface area contributed by atoms with Crippen LogP contribution in [-0.4, -0.2) is 21.1 Å². The maximum absolute atomic E-state index is 5.24. The van der Waals surface area contributed by atoms with Crippen molar-refractivity contribution in [2.45, 2.75) is 37.0 Å². The van der Waals surface area contributed by atoms with Gasteiger partial charge < -0.3 is 9.55 Å². The van der Waals surface area contributed by atoms with Crippen molar-refractivity contribution in [2.24, 2.45) is 0 Å². The monoisotopic (exact) mass is 228 g/mol. The molecule has 1 aliphatic carbocycles. The molecule has 1 heterocycles. The van der Waals surface area contributed by atoms with Crippen molar-refractivity contribution >= 4 is 24.0 Å². The van der Waals surface area contributed by atoms with Gasteiger partial charge in [0.1, 0.15) is 0 Å². The number of aromatic nitrogens is 2. The van der Waals surface area contributed by atoms with Gasteiger partial charge in [-0.25, -0.2) is 0 Å². The van der Waals surface area contributed by atoms with Crippen LogP contribution in [0, 0.1) is 4.77 Å². The fraction of sp³-hybridized carbons (Fsp3) is 0.700. The summed E-state index contributed by atoms with van der Waals surface area (Å²) in [6.45, 7) is 0. The van der Waals surface area contributed by atoms with Crippen LogP contribution in [0.15, 0.2) is 12.4 Å². The summed E-state index contributed by atoms with van der Waals surface area (Å²) in [7, 11) is 0. The van der Waals surface area contributed by atoms with Gasteiger partial charge in [0.25, 0.3) is 0 Å². The molecule has 1 aliphatic rings. The number of hydrogen-bond donors (Lipinski definition) is 1. The minimum absolute atomic E-state index is 0.625. The summed E-state index contributed by atoms with van der Waals surface area (Å²) in [6.07, 6.45) is 11.5. The first kappa shape index (κ1) is 10.3. The normalized spacial score (nSPS) is 27.8. The molecule has 4 heteroatoms. The lowest BCUT2D eigenvalue weighted by Gasteiger charge is -2.28. The smallest absolute Gasteiger partial charge is 0.177 e. The topological polar surface area (TPSA) is 20.7 Å². The summed E-state index contributed by atoms with van der Waals surface area (Å²) >= 11 is 7.24. The zero-order valence-corrected chi connectivity index (χ0v) is 10.0. The van der Waals surface area contributed by atoms with Crippen molar-refractivity contribution in [1.29, 1.82) is 0 Å². The molecule has 2 rings (SSSR count). The number of aromatic amines is 1. The summed E-state index contributed by atoms with van der Waals surface area (Å²) in [5.74, 6) is 0. The van der Waals surface area contributed by atoms with Gasteiger partial charge in [0.2, 0.25) is 0 Å². The molecular weight excluding hydrogens is 212 g/mol. The van der Waals surface area contributed by atoms with Crippen LogP contribution in [0.3, 0.4) is 0 Å². The van der Waals surface area contributed by atoms with Crippen molar-refractivity contribution in [3.8, 4) is 0 Å². The van der Waals surface area contributed by atoms with Crippen LogP contribution >= 0.6 is 24.0 Å². The van der Waals surface area contributed by atoms with Crippen molar-refractivity contribution in [3.63, 3.8) is 0 Å². The van der Waals surface area contributed by atoms with Gasteiger partial charge in [-0.2, -0.15) is 11.8 Å². The standard InChI is InChI=1S/C10H16N2S2/c1-14-9-4-2-3-8(7-9)12-6-5-11-10(12)13/h5-6,8-9H,2-4,7H2,1H3,(H,11,13). The third kappa shape index (κ3) is 2.06. The van der Waals surface area contributed by atoms with Gasteiger partial charge in [-0.3, -0.25) is 0 Å². The maximum Gasteiger partial charge on any atom is 0.177 e. The largest absolute Gasteiger partial charge is 0.337 e. The zero-order chi connectivity index (χ0) is 9.97. The van der Waals surface area contributed by atoms with E-state index in [1.54, 1.807) is 0 Å². The van der Waals surface area contributed by atoms with Gasteiger partial charge in [-0.15, -0.1) is 0 Å². The van der Waals surface area contributed by atoms with E-state index in [1.807, 2.05) is 18.0 Å². The zero-order valence-electron chi connectivity index (χ0n) is 8.40. The molecule has 0 aliphatic heterocycles. The third-order valence-electron chi connectivity index (χ3n) is 3.00. The highest BCUT2D eigenvalue weighted by molar-refractivity contribution is 7.99. The summed E-state index contributed by atoms with van der Waals surface area (Å²) < 4.78 is 3.09. The Morgan fingerprint density at radius 3 is 3.07 bits per heavy atom. The van der Waals surface area contributed by atoms with Gasteiger partial charge >= 0.3 is 0 Å². The molecule has 1 aromatic heterocycles. The summed E-state index contributed by atoms with van der Waals surface area (Å²) in [6, 6.07) is 0.625. The molecule has 1 fully saturated rings. The molecule has 1 N–H and O–H groups in total. The second-order valence-electron chi connectivity index (χ2n) is 3.85. The maximum atomic E-state index is 5.24. The first-order valence-electron chi connectivity index (χ1n) is 5.09. The van der Waals surface area contributed by atoms with Crippen LogP contribution in [0.5, 0.6) is 0 Å². The quantitative estimate of drug-likeness (QED) is 0.783. The Bertz CT molecular complexity index is 342. The SMILES string of the molecule is CSC1CCCC(n2cc[nH]c2=S)C1. The van der Waals surface area contributed by atoms with E-state index in [0.717, 1.165) is 10.0 Å². The highest BCUT2D eigenvalue weighted by atomic mass is 32.2. The lowest BCUT2D eigenvalue weighted by atomic mass is 9.95. The number of imidazole rings is 1. The fourth-order valence-electron chi connectivity index (χ4n) is 2.21. The Labute approximate surface area is 94.1 Å². The predicted molar refractivity (Wildman–Crippen MR) is 64.4 cm³/mol. The summed E-state index contributed by atoms with van der Waals surface area (Å²) in [5, 5.41) is 0.825. The average molecular weight is 228 g/mol. The van der Waals surface area contributed by atoms with Crippen LogP contribution in [0.25, 0.3) is 0 Å². The van der Waals surface area contributed by atoms with E-state index in [0.29, 0.717) is 6.04 Å². The average Bonchev–Trinajstić information content (AvgIpc) is 2.65. The molecule has 1 aromatic rings. The Kier molecular flexibility index (Phi) is 3.34. The molecule has 0 saturated heterocycles. The molecule has 1 saturated carbocycles. The van der Waals surface area contributed by atoms with E-state index >= 15 is 0 Å². The Hall–Kier alpha value is -0.220. The molecule has 0 radical (unpaired) electrons. The number of rotatable bonds is 2. The highest BCUT2D eigenvalue weighted by Crippen LogP contribution is 2.33. The lowest BCUT2D eigenvalue weighted by molar-refractivity contribution is 0.358. The molecule has 14 heavy (non-hydrogen) atoms. The van der Waals surface area contributed by atoms with Crippen LogP contribution in [0.4, 0.5) is 0 Å². The van der Waals surface area contributed by atoms with E-state index < -0.39 is 0 Å². The number of nitrogens with one attached hydrogen (secondary N) is 1. The predicted octanol–water partition coefficient (Wildman–Crippen LogP) is 3.39. The van der Waals surface area contributed by atoms with Gasteiger partial charge in [0.05, 0.1) is 0 Å². The minimum atomic E-state index is 0.625. The Morgan fingerprint density at radius 1 is 1.57 bits per heavy atom. The van der Waals surface area contributed by atoms with Gasteiger partial charge in [-0.05, 0) is 37.7 Å². The van der Waals surface area contributed by atoms with E-state index in [-0.39, 0.29) is 0 Å². The van der Waals surface area contributed by atoms with Gasteiger partial charge in [-0.1, -0.05) is 6.42 Å². The van der Waals surface area contributed by atoms with E-state index in [1.165, 1.54) is 25.7 Å². The number of thioether (sulfide) groups is 1. The molecule has 0 aromatic carbocycles. The second-order valence-corrected chi connectivity index (χ2v) is 5.38. The summed E-state index contributed by atoms with van der Waals surface area (Å²) in [5.41, 5.74) is 0. The van der Waals surface area contributed by atoms with Crippen molar-refractivity contribution in [2.75, 3.05) is 6.26 Å². The van der Waals surface area contributed by atoms with Gasteiger partial charge in [0, 0.05) is 23.7 Å². The third-order valence-corrected chi connectivity index (χ3v) is 4.43. The van der Waals surface area contributed by atoms with Crippen LogP contribution in [0.2, 0.25) is 0 Å².